The van der Waals surface area contributed by atoms with Gasteiger partial charge in [0.05, 0.1) is 18.6 Å². The van der Waals surface area contributed by atoms with Crippen LogP contribution in [0.1, 0.15) is 43.6 Å². The largest absolute Gasteiger partial charge is 0.481 e. The molecular weight excluding hydrogens is 364 g/mol. The number of tetrazole rings is 1. The number of carbonyl (C=O) groups excluding carboxylic acids is 1. The summed E-state index contributed by atoms with van der Waals surface area (Å²) in [5.41, 5.74) is 1.04. The van der Waals surface area contributed by atoms with Gasteiger partial charge >= 0.3 is 5.97 Å². The van der Waals surface area contributed by atoms with E-state index < -0.39 is 12.1 Å². The van der Waals surface area contributed by atoms with Gasteiger partial charge in [-0.15, -0.1) is 5.10 Å². The number of aliphatic hydroxyl groups is 1. The van der Waals surface area contributed by atoms with Crippen molar-refractivity contribution in [3.8, 4) is 0 Å². The molecule has 0 fully saturated rings. The van der Waals surface area contributed by atoms with Gasteiger partial charge < -0.3 is 20.8 Å². The molecule has 0 bridgehead atoms. The lowest BCUT2D eigenvalue weighted by atomic mass is 10.2. The van der Waals surface area contributed by atoms with E-state index in [-0.39, 0.29) is 24.9 Å². The van der Waals surface area contributed by atoms with E-state index in [1.54, 1.807) is 4.68 Å². The highest BCUT2D eigenvalue weighted by molar-refractivity contribution is 5.75. The molecule has 1 heterocycles. The van der Waals surface area contributed by atoms with Gasteiger partial charge in [0.2, 0.25) is 5.91 Å². The first kappa shape index (κ1) is 21.5. The lowest BCUT2D eigenvalue weighted by molar-refractivity contribution is -0.139. The fourth-order valence-electron chi connectivity index (χ4n) is 2.63. The lowest BCUT2D eigenvalue weighted by Gasteiger charge is -2.15. The maximum atomic E-state index is 12.0. The molecule has 1 aromatic carbocycles. The molecule has 0 saturated heterocycles. The lowest BCUT2D eigenvalue weighted by Crippen LogP contribution is -2.32. The maximum absolute atomic E-state index is 12.0. The second-order valence-electron chi connectivity index (χ2n) is 6.51. The van der Waals surface area contributed by atoms with Gasteiger partial charge in [-0.3, -0.25) is 9.59 Å². The Labute approximate surface area is 162 Å². The fourth-order valence-corrected chi connectivity index (χ4v) is 2.63. The zero-order valence-electron chi connectivity index (χ0n) is 15.8. The van der Waals surface area contributed by atoms with Gasteiger partial charge in [0.1, 0.15) is 0 Å². The molecular formula is C18H26N6O4. The Bertz CT molecular complexity index is 752. The second kappa shape index (κ2) is 11.1. The molecule has 4 N–H and O–H groups in total. The van der Waals surface area contributed by atoms with Gasteiger partial charge in [0, 0.05) is 26.1 Å². The molecule has 0 aliphatic carbocycles. The van der Waals surface area contributed by atoms with Crippen molar-refractivity contribution in [3.63, 3.8) is 0 Å². The number of aromatic nitrogens is 4. The predicted octanol–water partition coefficient (Wildman–Crippen LogP) is 0.256. The van der Waals surface area contributed by atoms with Gasteiger partial charge in [-0.2, -0.15) is 0 Å². The van der Waals surface area contributed by atoms with Crippen molar-refractivity contribution in [2.24, 2.45) is 0 Å². The number of benzene rings is 1. The Kier molecular flexibility index (Phi) is 8.50. The quantitative estimate of drug-likeness (QED) is 0.404. The van der Waals surface area contributed by atoms with Gasteiger partial charge in [0.25, 0.3) is 0 Å². The summed E-state index contributed by atoms with van der Waals surface area (Å²) in [7, 11) is 0. The number of aliphatic carboxylic acids is 1. The van der Waals surface area contributed by atoms with Crippen LogP contribution in [-0.4, -0.2) is 54.9 Å². The minimum Gasteiger partial charge on any atom is -0.481 e. The first-order chi connectivity index (χ1) is 13.5. The standard InChI is InChI=1S/C18H26N6O4/c1-13(19-12-15(25)10-17(27)28)18-21-22-23-24(18)9-5-8-16(26)20-11-14-6-3-2-4-7-14/h2-4,6-7,13,15,19,25H,5,8-12H2,1H3,(H,20,26)(H,27,28). The van der Waals surface area contributed by atoms with Crippen LogP contribution >= 0.6 is 0 Å². The number of carboxylic acids is 1. The average molecular weight is 390 g/mol. The van der Waals surface area contributed by atoms with Crippen LogP contribution in [0.4, 0.5) is 0 Å². The summed E-state index contributed by atoms with van der Waals surface area (Å²) in [6, 6.07) is 9.42. The average Bonchev–Trinajstić information content (AvgIpc) is 3.13. The van der Waals surface area contributed by atoms with Crippen molar-refractivity contribution >= 4 is 11.9 Å². The van der Waals surface area contributed by atoms with E-state index in [9.17, 15) is 14.7 Å². The number of hydrogen-bond acceptors (Lipinski definition) is 7. The second-order valence-corrected chi connectivity index (χ2v) is 6.51. The minimum absolute atomic E-state index is 0.0403. The normalized spacial score (nSPS) is 13.1. The van der Waals surface area contributed by atoms with Crippen molar-refractivity contribution in [1.82, 2.24) is 30.8 Å². The van der Waals surface area contributed by atoms with Crippen LogP contribution in [0.3, 0.4) is 0 Å². The molecule has 2 aromatic rings. The van der Waals surface area contributed by atoms with E-state index in [1.807, 2.05) is 37.3 Å². The molecule has 0 spiro atoms. The molecule has 0 aliphatic rings. The molecule has 0 aliphatic heterocycles. The Hall–Kier alpha value is -2.85. The molecule has 28 heavy (non-hydrogen) atoms. The fraction of sp³-hybridized carbons (Fsp3) is 0.500. The highest BCUT2D eigenvalue weighted by atomic mass is 16.4. The van der Waals surface area contributed by atoms with Crippen molar-refractivity contribution < 1.29 is 19.8 Å². The molecule has 10 nitrogen and oxygen atoms in total. The number of aryl methyl sites for hydroxylation is 1. The van der Waals surface area contributed by atoms with Crippen LogP contribution in [0.2, 0.25) is 0 Å². The summed E-state index contributed by atoms with van der Waals surface area (Å²) in [5, 5.41) is 35.7. The van der Waals surface area contributed by atoms with E-state index in [1.165, 1.54) is 0 Å². The summed E-state index contributed by atoms with van der Waals surface area (Å²) in [6.07, 6.45) is -0.390. The number of aliphatic hydroxyl groups excluding tert-OH is 1. The Morgan fingerprint density at radius 3 is 2.71 bits per heavy atom. The summed E-state index contributed by atoms with van der Waals surface area (Å²) in [5.74, 6) is -0.536. The van der Waals surface area contributed by atoms with Crippen molar-refractivity contribution in [2.75, 3.05) is 6.54 Å². The third-order valence-electron chi connectivity index (χ3n) is 4.12. The maximum Gasteiger partial charge on any atom is 0.306 e. The molecule has 1 amide bonds. The molecule has 1 aromatic heterocycles. The summed E-state index contributed by atoms with van der Waals surface area (Å²) in [4.78, 5) is 22.5. The number of hydrogen-bond donors (Lipinski definition) is 4. The monoisotopic (exact) mass is 390 g/mol. The first-order valence-corrected chi connectivity index (χ1v) is 9.15. The zero-order chi connectivity index (χ0) is 20.4. The van der Waals surface area contributed by atoms with E-state index in [0.29, 0.717) is 31.8 Å². The smallest absolute Gasteiger partial charge is 0.306 e. The Balaban J connectivity index is 1.72. The summed E-state index contributed by atoms with van der Waals surface area (Å²) >= 11 is 0. The Morgan fingerprint density at radius 1 is 1.25 bits per heavy atom. The molecule has 10 heteroatoms. The zero-order valence-corrected chi connectivity index (χ0v) is 15.8. The van der Waals surface area contributed by atoms with E-state index in [2.05, 4.69) is 26.2 Å². The van der Waals surface area contributed by atoms with Gasteiger partial charge in [0.15, 0.2) is 5.82 Å². The molecule has 0 radical (unpaired) electrons. The van der Waals surface area contributed by atoms with Crippen molar-refractivity contribution in [3.05, 3.63) is 41.7 Å². The van der Waals surface area contributed by atoms with E-state index in [4.69, 9.17) is 5.11 Å². The number of amides is 1. The minimum atomic E-state index is -1.06. The molecule has 2 unspecified atom stereocenters. The third-order valence-corrected chi connectivity index (χ3v) is 4.12. The SMILES string of the molecule is CC(NCC(O)CC(=O)O)c1nnnn1CCCC(=O)NCc1ccccc1. The highest BCUT2D eigenvalue weighted by Crippen LogP contribution is 2.09. The van der Waals surface area contributed by atoms with Crippen LogP contribution in [0.25, 0.3) is 0 Å². The molecule has 0 saturated carbocycles. The molecule has 2 atom stereocenters. The van der Waals surface area contributed by atoms with Crippen LogP contribution in [-0.2, 0) is 22.7 Å². The van der Waals surface area contributed by atoms with E-state index in [0.717, 1.165) is 5.56 Å². The van der Waals surface area contributed by atoms with Crippen LogP contribution < -0.4 is 10.6 Å². The number of nitrogens with zero attached hydrogens (tertiary/aromatic N) is 4. The summed E-state index contributed by atoms with van der Waals surface area (Å²) in [6.45, 7) is 2.91. The third kappa shape index (κ3) is 7.41. The number of nitrogens with one attached hydrogen (secondary N) is 2. The van der Waals surface area contributed by atoms with E-state index >= 15 is 0 Å². The van der Waals surface area contributed by atoms with Crippen LogP contribution in [0, 0.1) is 0 Å². The first-order valence-electron chi connectivity index (χ1n) is 9.15. The topological polar surface area (TPSA) is 142 Å². The van der Waals surface area contributed by atoms with Gasteiger partial charge in [-0.25, -0.2) is 4.68 Å². The number of carboxylic acid groups (broad SMARTS) is 1. The summed E-state index contributed by atoms with van der Waals surface area (Å²) < 4.78 is 1.60. The predicted molar refractivity (Wildman–Crippen MR) is 100 cm³/mol. The van der Waals surface area contributed by atoms with Crippen molar-refractivity contribution in [1.29, 1.82) is 0 Å². The van der Waals surface area contributed by atoms with Crippen molar-refractivity contribution in [2.45, 2.75) is 51.4 Å². The highest BCUT2D eigenvalue weighted by Gasteiger charge is 2.17. The van der Waals surface area contributed by atoms with Gasteiger partial charge in [-0.05, 0) is 29.3 Å². The Morgan fingerprint density at radius 2 is 2.00 bits per heavy atom. The number of carbonyl (C=O) groups is 2. The van der Waals surface area contributed by atoms with Gasteiger partial charge in [-0.1, -0.05) is 30.3 Å². The molecule has 152 valence electrons. The van der Waals surface area contributed by atoms with Crippen LogP contribution in [0.15, 0.2) is 30.3 Å². The number of rotatable bonds is 12. The molecule has 2 rings (SSSR count). The van der Waals surface area contributed by atoms with Crippen LogP contribution in [0.5, 0.6) is 0 Å².